The summed E-state index contributed by atoms with van der Waals surface area (Å²) in [6.45, 7) is 0.887. The van der Waals surface area contributed by atoms with Crippen molar-refractivity contribution in [1.82, 2.24) is 35.9 Å². The third-order valence-electron chi connectivity index (χ3n) is 4.47. The SMILES string of the molecule is CC(O)C(NC(=O)CN)C(=O)NC(Cc1cnc[nH]1)C(=O)NC(Cc1cnc[nH]1)C(=O)O. The van der Waals surface area contributed by atoms with Crippen LogP contribution >= 0.6 is 0 Å². The predicted molar refractivity (Wildman–Crippen MR) is 109 cm³/mol. The summed E-state index contributed by atoms with van der Waals surface area (Å²) in [7, 11) is 0. The molecule has 0 saturated carbocycles. The van der Waals surface area contributed by atoms with E-state index in [4.69, 9.17) is 5.73 Å². The van der Waals surface area contributed by atoms with E-state index >= 15 is 0 Å². The van der Waals surface area contributed by atoms with E-state index in [1.54, 1.807) is 0 Å². The molecule has 4 atom stereocenters. The zero-order valence-corrected chi connectivity index (χ0v) is 17.2. The van der Waals surface area contributed by atoms with Crippen molar-refractivity contribution in [3.05, 3.63) is 36.4 Å². The number of aromatic nitrogens is 4. The van der Waals surface area contributed by atoms with E-state index in [0.717, 1.165) is 0 Å². The van der Waals surface area contributed by atoms with Crippen LogP contribution in [0.1, 0.15) is 18.3 Å². The van der Waals surface area contributed by atoms with Crippen molar-refractivity contribution >= 4 is 23.7 Å². The van der Waals surface area contributed by atoms with Crippen LogP contribution in [0.5, 0.6) is 0 Å². The second-order valence-electron chi connectivity index (χ2n) is 7.01. The number of carboxylic acids is 1. The molecule has 0 aliphatic heterocycles. The van der Waals surface area contributed by atoms with Gasteiger partial charge in [-0.3, -0.25) is 14.4 Å². The molecule has 0 aromatic carbocycles. The highest BCUT2D eigenvalue weighted by molar-refractivity contribution is 5.94. The van der Waals surface area contributed by atoms with E-state index in [-0.39, 0.29) is 12.8 Å². The Morgan fingerprint density at radius 1 is 0.969 bits per heavy atom. The number of amides is 3. The first-order valence-electron chi connectivity index (χ1n) is 9.66. The van der Waals surface area contributed by atoms with Crippen molar-refractivity contribution in [1.29, 1.82) is 0 Å². The third-order valence-corrected chi connectivity index (χ3v) is 4.47. The normalized spacial score (nSPS) is 14.6. The standard InChI is InChI=1S/C18H26N8O6/c1-9(27)15(26-14(28)4-19)17(30)24-12(2-10-5-20-7-22-10)16(29)25-13(18(31)32)3-11-6-21-8-23-11/h5-9,12-13,15,27H,2-4,19H2,1H3,(H,20,22)(H,21,23)(H,24,30)(H,25,29)(H,26,28)(H,31,32). The maximum absolute atomic E-state index is 12.9. The molecule has 14 nitrogen and oxygen atoms in total. The molecule has 0 spiro atoms. The largest absolute Gasteiger partial charge is 0.480 e. The van der Waals surface area contributed by atoms with Crippen LogP contribution in [0.3, 0.4) is 0 Å². The van der Waals surface area contributed by atoms with Gasteiger partial charge in [0, 0.05) is 36.6 Å². The second-order valence-corrected chi connectivity index (χ2v) is 7.01. The Morgan fingerprint density at radius 2 is 1.50 bits per heavy atom. The highest BCUT2D eigenvalue weighted by atomic mass is 16.4. The molecule has 2 rings (SSSR count). The molecule has 9 N–H and O–H groups in total. The number of H-pyrrole nitrogens is 2. The molecular formula is C18H26N8O6. The zero-order valence-electron chi connectivity index (χ0n) is 17.2. The van der Waals surface area contributed by atoms with Gasteiger partial charge in [0.2, 0.25) is 17.7 Å². The summed E-state index contributed by atoms with van der Waals surface area (Å²) in [6, 6.07) is -3.90. The van der Waals surface area contributed by atoms with Crippen LogP contribution in [0, 0.1) is 0 Å². The van der Waals surface area contributed by atoms with Crippen molar-refractivity contribution in [3.8, 4) is 0 Å². The van der Waals surface area contributed by atoms with Gasteiger partial charge in [-0.1, -0.05) is 0 Å². The lowest BCUT2D eigenvalue weighted by Gasteiger charge is -2.25. The van der Waals surface area contributed by atoms with E-state index in [1.165, 1.54) is 32.0 Å². The second kappa shape index (κ2) is 11.6. The number of aromatic amines is 2. The van der Waals surface area contributed by atoms with Gasteiger partial charge in [0.05, 0.1) is 25.3 Å². The number of nitrogens with two attached hydrogens (primary N) is 1. The molecule has 2 heterocycles. The monoisotopic (exact) mass is 450 g/mol. The molecule has 0 aliphatic rings. The first kappa shape index (κ1) is 24.5. The molecule has 0 fully saturated rings. The molecule has 3 amide bonds. The number of rotatable bonds is 12. The Kier molecular flexibility index (Phi) is 8.85. The first-order chi connectivity index (χ1) is 15.2. The van der Waals surface area contributed by atoms with Gasteiger partial charge in [-0.25, -0.2) is 14.8 Å². The summed E-state index contributed by atoms with van der Waals surface area (Å²) in [4.78, 5) is 62.0. The Labute approximate surface area is 182 Å². The number of aliphatic hydroxyl groups is 1. The smallest absolute Gasteiger partial charge is 0.326 e. The van der Waals surface area contributed by atoms with Gasteiger partial charge in [0.1, 0.15) is 18.1 Å². The number of aliphatic hydroxyl groups excluding tert-OH is 1. The molecule has 0 saturated heterocycles. The average molecular weight is 450 g/mol. The Morgan fingerprint density at radius 3 is 1.94 bits per heavy atom. The number of nitrogens with one attached hydrogen (secondary N) is 5. The number of carbonyl (C=O) groups excluding carboxylic acids is 3. The third kappa shape index (κ3) is 7.17. The highest BCUT2D eigenvalue weighted by Crippen LogP contribution is 2.04. The van der Waals surface area contributed by atoms with Crippen LogP contribution in [0.2, 0.25) is 0 Å². The summed E-state index contributed by atoms with van der Waals surface area (Å²) in [5.74, 6) is -3.58. The van der Waals surface area contributed by atoms with Gasteiger partial charge < -0.3 is 41.9 Å². The van der Waals surface area contributed by atoms with Crippen LogP contribution in [0.25, 0.3) is 0 Å². The molecule has 2 aromatic heterocycles. The summed E-state index contributed by atoms with van der Waals surface area (Å²) < 4.78 is 0. The molecule has 2 aromatic rings. The number of carboxylic acid groups (broad SMARTS) is 1. The molecule has 0 bridgehead atoms. The average Bonchev–Trinajstić information content (AvgIpc) is 3.44. The minimum Gasteiger partial charge on any atom is -0.480 e. The number of carbonyl (C=O) groups is 4. The minimum atomic E-state index is -1.37. The van der Waals surface area contributed by atoms with E-state index < -0.39 is 54.5 Å². The molecular weight excluding hydrogens is 424 g/mol. The summed E-state index contributed by atoms with van der Waals surface area (Å²) >= 11 is 0. The molecule has 0 aliphatic carbocycles. The molecule has 14 heteroatoms. The van der Waals surface area contributed by atoms with Gasteiger partial charge in [0.25, 0.3) is 0 Å². The van der Waals surface area contributed by atoms with Crippen LogP contribution in [0.15, 0.2) is 25.0 Å². The molecule has 4 unspecified atom stereocenters. The Balaban J connectivity index is 2.17. The summed E-state index contributed by atoms with van der Waals surface area (Å²) in [5.41, 5.74) is 6.22. The van der Waals surface area contributed by atoms with Crippen molar-refractivity contribution in [3.63, 3.8) is 0 Å². The van der Waals surface area contributed by atoms with E-state index in [1.807, 2.05) is 0 Å². The maximum atomic E-state index is 12.9. The van der Waals surface area contributed by atoms with E-state index in [9.17, 15) is 29.4 Å². The number of aliphatic carboxylic acids is 1. The molecule has 32 heavy (non-hydrogen) atoms. The fourth-order valence-corrected chi connectivity index (χ4v) is 2.81. The Hall–Kier alpha value is -3.78. The topological polar surface area (TPSA) is 228 Å². The van der Waals surface area contributed by atoms with Crippen molar-refractivity contribution < 1.29 is 29.4 Å². The minimum absolute atomic E-state index is 0.0503. The molecule has 0 radical (unpaired) electrons. The van der Waals surface area contributed by atoms with Crippen LogP contribution in [-0.2, 0) is 32.0 Å². The fourth-order valence-electron chi connectivity index (χ4n) is 2.81. The van der Waals surface area contributed by atoms with Crippen LogP contribution in [-0.4, -0.2) is 84.6 Å². The summed E-state index contributed by atoms with van der Waals surface area (Å²) in [6.07, 6.45) is 4.23. The predicted octanol–water partition coefficient (Wildman–Crippen LogP) is -3.20. The van der Waals surface area contributed by atoms with Crippen molar-refractivity contribution in [2.75, 3.05) is 6.54 Å². The summed E-state index contributed by atoms with van der Waals surface area (Å²) in [5, 5.41) is 26.5. The quantitative estimate of drug-likeness (QED) is 0.162. The van der Waals surface area contributed by atoms with Crippen molar-refractivity contribution in [2.24, 2.45) is 5.73 Å². The van der Waals surface area contributed by atoms with Gasteiger partial charge in [0.15, 0.2) is 0 Å². The number of imidazole rings is 2. The van der Waals surface area contributed by atoms with Crippen LogP contribution < -0.4 is 21.7 Å². The number of hydrogen-bond donors (Lipinski definition) is 8. The highest BCUT2D eigenvalue weighted by Gasteiger charge is 2.32. The fraction of sp³-hybridized carbons (Fsp3) is 0.444. The lowest BCUT2D eigenvalue weighted by Crippen LogP contribution is -2.59. The van der Waals surface area contributed by atoms with Gasteiger partial charge in [-0.05, 0) is 6.92 Å². The van der Waals surface area contributed by atoms with Gasteiger partial charge in [-0.15, -0.1) is 0 Å². The lowest BCUT2D eigenvalue weighted by atomic mass is 10.1. The van der Waals surface area contributed by atoms with Gasteiger partial charge >= 0.3 is 5.97 Å². The first-order valence-corrected chi connectivity index (χ1v) is 9.66. The van der Waals surface area contributed by atoms with Gasteiger partial charge in [-0.2, -0.15) is 0 Å². The maximum Gasteiger partial charge on any atom is 0.326 e. The number of nitrogens with zero attached hydrogens (tertiary/aromatic N) is 2. The Bertz CT molecular complexity index is 899. The zero-order chi connectivity index (χ0) is 23.7. The van der Waals surface area contributed by atoms with Crippen molar-refractivity contribution in [2.45, 2.75) is 44.0 Å². The van der Waals surface area contributed by atoms with Crippen LogP contribution in [0.4, 0.5) is 0 Å². The van der Waals surface area contributed by atoms with E-state index in [0.29, 0.717) is 11.4 Å². The van der Waals surface area contributed by atoms with E-state index in [2.05, 4.69) is 35.9 Å². The molecule has 174 valence electrons. The lowest BCUT2D eigenvalue weighted by molar-refractivity contribution is -0.142. The number of hydrogen-bond acceptors (Lipinski definition) is 8.